The van der Waals surface area contributed by atoms with Crippen molar-refractivity contribution in [1.82, 2.24) is 14.9 Å². The first-order valence-electron chi connectivity index (χ1n) is 6.84. The van der Waals surface area contributed by atoms with E-state index in [0.29, 0.717) is 12.1 Å². The molecule has 0 atom stereocenters. The molecule has 4 nitrogen and oxygen atoms in total. The average Bonchev–Trinajstić information content (AvgIpc) is 3.08. The highest BCUT2D eigenvalue weighted by Gasteiger charge is 2.08. The predicted octanol–water partition coefficient (Wildman–Crippen LogP) is 3.56. The highest BCUT2D eigenvalue weighted by molar-refractivity contribution is 9.10. The van der Waals surface area contributed by atoms with Crippen molar-refractivity contribution in [2.24, 2.45) is 0 Å². The van der Waals surface area contributed by atoms with Crippen LogP contribution >= 0.6 is 15.9 Å². The van der Waals surface area contributed by atoms with Gasteiger partial charge in [0.05, 0.1) is 12.0 Å². The third-order valence-corrected chi connectivity index (χ3v) is 3.85. The number of carbonyl (C=O) groups excluding carboxylic acids is 1. The molecular formula is C17H14BrN3O. The summed E-state index contributed by atoms with van der Waals surface area (Å²) in [6, 6.07) is 15.2. The lowest BCUT2D eigenvalue weighted by Gasteiger charge is -2.11. The second-order valence-corrected chi connectivity index (χ2v) is 5.70. The van der Waals surface area contributed by atoms with E-state index in [4.69, 9.17) is 0 Å². The maximum absolute atomic E-state index is 12.2. The third-order valence-electron chi connectivity index (χ3n) is 3.32. The Kier molecular flexibility index (Phi) is 4.34. The minimum atomic E-state index is -0.0899. The Morgan fingerprint density at radius 1 is 1.14 bits per heavy atom. The van der Waals surface area contributed by atoms with Gasteiger partial charge in [-0.3, -0.25) is 4.79 Å². The summed E-state index contributed by atoms with van der Waals surface area (Å²) in [5.74, 6) is -0.0899. The standard InChI is InChI=1S/C17H14BrN3O/c18-15-7-5-13(6-8-15)17(22)20-11-14-3-1-2-4-16(14)21-10-9-19-12-21/h1-10,12H,11H2,(H,20,22). The van der Waals surface area contributed by atoms with E-state index in [1.165, 1.54) is 0 Å². The molecule has 1 aromatic heterocycles. The molecule has 22 heavy (non-hydrogen) atoms. The Morgan fingerprint density at radius 3 is 2.64 bits per heavy atom. The number of benzene rings is 2. The summed E-state index contributed by atoms with van der Waals surface area (Å²) in [5, 5.41) is 2.95. The lowest BCUT2D eigenvalue weighted by atomic mass is 10.1. The summed E-state index contributed by atoms with van der Waals surface area (Å²) < 4.78 is 2.88. The first kappa shape index (κ1) is 14.5. The second kappa shape index (κ2) is 6.58. The van der Waals surface area contributed by atoms with E-state index in [1.54, 1.807) is 24.7 Å². The molecular weight excluding hydrogens is 342 g/mol. The zero-order chi connectivity index (χ0) is 15.4. The van der Waals surface area contributed by atoms with Gasteiger partial charge in [0.15, 0.2) is 0 Å². The number of nitrogens with one attached hydrogen (secondary N) is 1. The van der Waals surface area contributed by atoms with Crippen molar-refractivity contribution in [2.45, 2.75) is 6.54 Å². The summed E-state index contributed by atoms with van der Waals surface area (Å²) in [6.07, 6.45) is 5.36. The van der Waals surface area contributed by atoms with Crippen LogP contribution in [0.5, 0.6) is 0 Å². The van der Waals surface area contributed by atoms with Crippen molar-refractivity contribution in [3.05, 3.63) is 82.9 Å². The summed E-state index contributed by atoms with van der Waals surface area (Å²) in [5.41, 5.74) is 2.69. The molecule has 3 aromatic rings. The minimum Gasteiger partial charge on any atom is -0.348 e. The molecule has 0 aliphatic heterocycles. The summed E-state index contributed by atoms with van der Waals surface area (Å²) in [6.45, 7) is 0.462. The number of hydrogen-bond acceptors (Lipinski definition) is 2. The van der Waals surface area contributed by atoms with Crippen molar-refractivity contribution >= 4 is 21.8 Å². The van der Waals surface area contributed by atoms with Crippen LogP contribution < -0.4 is 5.32 Å². The molecule has 5 heteroatoms. The molecule has 0 bridgehead atoms. The monoisotopic (exact) mass is 355 g/mol. The summed E-state index contributed by atoms with van der Waals surface area (Å²) >= 11 is 3.36. The maximum atomic E-state index is 12.2. The van der Waals surface area contributed by atoms with Crippen LogP contribution in [0.4, 0.5) is 0 Å². The Morgan fingerprint density at radius 2 is 1.91 bits per heavy atom. The van der Waals surface area contributed by atoms with Gasteiger partial charge in [-0.05, 0) is 35.9 Å². The van der Waals surface area contributed by atoms with Crippen molar-refractivity contribution in [3.8, 4) is 5.69 Å². The molecule has 0 spiro atoms. The van der Waals surface area contributed by atoms with E-state index >= 15 is 0 Å². The number of imidazole rings is 1. The molecule has 0 aliphatic carbocycles. The molecule has 0 fully saturated rings. The fourth-order valence-corrected chi connectivity index (χ4v) is 2.46. The van der Waals surface area contributed by atoms with E-state index < -0.39 is 0 Å². The van der Waals surface area contributed by atoms with Crippen LogP contribution in [0.3, 0.4) is 0 Å². The molecule has 0 saturated carbocycles. The first-order valence-corrected chi connectivity index (χ1v) is 7.63. The average molecular weight is 356 g/mol. The van der Waals surface area contributed by atoms with Crippen molar-refractivity contribution in [1.29, 1.82) is 0 Å². The van der Waals surface area contributed by atoms with E-state index in [1.807, 2.05) is 47.2 Å². The number of nitrogens with zero attached hydrogens (tertiary/aromatic N) is 2. The van der Waals surface area contributed by atoms with Gasteiger partial charge in [0.2, 0.25) is 0 Å². The number of hydrogen-bond donors (Lipinski definition) is 1. The molecule has 1 heterocycles. The molecule has 0 unspecified atom stereocenters. The quantitative estimate of drug-likeness (QED) is 0.777. The van der Waals surface area contributed by atoms with Gasteiger partial charge in [-0.25, -0.2) is 4.98 Å². The van der Waals surface area contributed by atoms with Crippen LogP contribution in [0.2, 0.25) is 0 Å². The van der Waals surface area contributed by atoms with Crippen LogP contribution in [0.15, 0.2) is 71.7 Å². The number of para-hydroxylation sites is 1. The van der Waals surface area contributed by atoms with Crippen molar-refractivity contribution in [2.75, 3.05) is 0 Å². The van der Waals surface area contributed by atoms with Crippen LogP contribution in [0, 0.1) is 0 Å². The lowest BCUT2D eigenvalue weighted by Crippen LogP contribution is -2.23. The Balaban J connectivity index is 1.74. The number of rotatable bonds is 4. The maximum Gasteiger partial charge on any atom is 0.251 e. The number of carbonyl (C=O) groups is 1. The summed E-state index contributed by atoms with van der Waals surface area (Å²) in [7, 11) is 0. The van der Waals surface area contributed by atoms with Gasteiger partial charge in [0, 0.05) is 29.0 Å². The second-order valence-electron chi connectivity index (χ2n) is 4.79. The summed E-state index contributed by atoms with van der Waals surface area (Å²) in [4.78, 5) is 16.2. The van der Waals surface area contributed by atoms with Gasteiger partial charge in [-0.1, -0.05) is 34.1 Å². The van der Waals surface area contributed by atoms with Crippen LogP contribution in [-0.2, 0) is 6.54 Å². The molecule has 0 aliphatic rings. The largest absolute Gasteiger partial charge is 0.348 e. The van der Waals surface area contributed by atoms with Crippen LogP contribution in [-0.4, -0.2) is 15.5 Å². The molecule has 0 radical (unpaired) electrons. The number of aromatic nitrogens is 2. The Hall–Kier alpha value is -2.40. The van der Waals surface area contributed by atoms with Gasteiger partial charge in [-0.15, -0.1) is 0 Å². The molecule has 110 valence electrons. The van der Waals surface area contributed by atoms with E-state index in [2.05, 4.69) is 26.2 Å². The van der Waals surface area contributed by atoms with Gasteiger partial charge in [0.25, 0.3) is 5.91 Å². The van der Waals surface area contributed by atoms with Gasteiger partial charge < -0.3 is 9.88 Å². The smallest absolute Gasteiger partial charge is 0.251 e. The molecule has 1 amide bonds. The highest BCUT2D eigenvalue weighted by Crippen LogP contribution is 2.14. The molecule has 0 saturated heterocycles. The normalized spacial score (nSPS) is 10.4. The first-order chi connectivity index (χ1) is 10.7. The Labute approximate surface area is 136 Å². The lowest BCUT2D eigenvalue weighted by molar-refractivity contribution is 0.0951. The van der Waals surface area contributed by atoms with E-state index in [0.717, 1.165) is 15.7 Å². The topological polar surface area (TPSA) is 46.9 Å². The SMILES string of the molecule is O=C(NCc1ccccc1-n1ccnc1)c1ccc(Br)cc1. The Bertz CT molecular complexity index is 767. The van der Waals surface area contributed by atoms with E-state index in [9.17, 15) is 4.79 Å². The number of halogens is 1. The fraction of sp³-hybridized carbons (Fsp3) is 0.0588. The minimum absolute atomic E-state index is 0.0899. The van der Waals surface area contributed by atoms with Gasteiger partial charge in [-0.2, -0.15) is 0 Å². The third kappa shape index (κ3) is 3.26. The highest BCUT2D eigenvalue weighted by atomic mass is 79.9. The zero-order valence-electron chi connectivity index (χ0n) is 11.7. The van der Waals surface area contributed by atoms with Gasteiger partial charge in [0.1, 0.15) is 0 Å². The van der Waals surface area contributed by atoms with Crippen LogP contribution in [0.1, 0.15) is 15.9 Å². The predicted molar refractivity (Wildman–Crippen MR) is 88.9 cm³/mol. The van der Waals surface area contributed by atoms with Crippen molar-refractivity contribution in [3.63, 3.8) is 0 Å². The number of amides is 1. The molecule has 3 rings (SSSR count). The van der Waals surface area contributed by atoms with Gasteiger partial charge >= 0.3 is 0 Å². The van der Waals surface area contributed by atoms with Crippen LogP contribution in [0.25, 0.3) is 5.69 Å². The zero-order valence-corrected chi connectivity index (χ0v) is 13.3. The molecule has 2 aromatic carbocycles. The van der Waals surface area contributed by atoms with Crippen molar-refractivity contribution < 1.29 is 4.79 Å². The van der Waals surface area contributed by atoms with E-state index in [-0.39, 0.29) is 5.91 Å². The fourth-order valence-electron chi connectivity index (χ4n) is 2.19. The molecule has 1 N–H and O–H groups in total.